The monoisotopic (exact) mass is 232 g/mol. The molecule has 0 radical (unpaired) electrons. The molecule has 17 heavy (non-hydrogen) atoms. The zero-order valence-electron chi connectivity index (χ0n) is 10.5. The molecule has 0 aromatic heterocycles. The van der Waals surface area contributed by atoms with E-state index in [1.54, 1.807) is 0 Å². The number of hydrogen-bond acceptors (Lipinski definition) is 2. The van der Waals surface area contributed by atoms with E-state index in [0.29, 0.717) is 0 Å². The maximum atomic E-state index is 12.1. The Morgan fingerprint density at radius 1 is 1.41 bits per heavy atom. The van der Waals surface area contributed by atoms with Crippen LogP contribution in [0.15, 0.2) is 18.2 Å². The summed E-state index contributed by atoms with van der Waals surface area (Å²) in [5, 5.41) is 6.31. The smallest absolute Gasteiger partial charge is 0.228 e. The van der Waals surface area contributed by atoms with Crippen LogP contribution in [-0.2, 0) is 4.79 Å². The minimum Gasteiger partial charge on any atom is -0.326 e. The first kappa shape index (κ1) is 12.1. The van der Waals surface area contributed by atoms with E-state index in [9.17, 15) is 4.79 Å². The second-order valence-corrected chi connectivity index (χ2v) is 4.78. The van der Waals surface area contributed by atoms with Crippen LogP contribution in [0.3, 0.4) is 0 Å². The number of piperidine rings is 1. The van der Waals surface area contributed by atoms with Gasteiger partial charge in [0.15, 0.2) is 0 Å². The molecule has 0 bridgehead atoms. The molecule has 3 nitrogen and oxygen atoms in total. The van der Waals surface area contributed by atoms with E-state index in [-0.39, 0.29) is 11.8 Å². The summed E-state index contributed by atoms with van der Waals surface area (Å²) in [5.74, 6) is 0.259. The molecule has 0 aliphatic carbocycles. The Hall–Kier alpha value is -1.35. The van der Waals surface area contributed by atoms with E-state index in [1.807, 2.05) is 19.1 Å². The first-order valence-corrected chi connectivity index (χ1v) is 6.26. The average molecular weight is 232 g/mol. The average Bonchev–Trinajstić information content (AvgIpc) is 2.36. The van der Waals surface area contributed by atoms with Crippen LogP contribution >= 0.6 is 0 Å². The van der Waals surface area contributed by atoms with Crippen molar-refractivity contribution in [2.24, 2.45) is 5.92 Å². The van der Waals surface area contributed by atoms with E-state index in [4.69, 9.17) is 0 Å². The molecule has 1 amide bonds. The lowest BCUT2D eigenvalue weighted by molar-refractivity contribution is -0.120. The summed E-state index contributed by atoms with van der Waals surface area (Å²) >= 11 is 0. The van der Waals surface area contributed by atoms with Crippen LogP contribution in [0, 0.1) is 19.8 Å². The lowest BCUT2D eigenvalue weighted by atomic mass is 9.98. The van der Waals surface area contributed by atoms with Gasteiger partial charge in [0.05, 0.1) is 5.92 Å². The summed E-state index contributed by atoms with van der Waals surface area (Å²) in [6.07, 6.45) is 2.08. The van der Waals surface area contributed by atoms with Gasteiger partial charge in [-0.05, 0) is 50.4 Å². The number of hydrogen-bond donors (Lipinski definition) is 2. The van der Waals surface area contributed by atoms with Crippen LogP contribution in [0.2, 0.25) is 0 Å². The van der Waals surface area contributed by atoms with Gasteiger partial charge in [-0.15, -0.1) is 0 Å². The summed E-state index contributed by atoms with van der Waals surface area (Å²) in [4.78, 5) is 12.1. The van der Waals surface area contributed by atoms with E-state index in [0.717, 1.165) is 37.2 Å². The molecule has 0 spiro atoms. The Morgan fingerprint density at radius 2 is 2.24 bits per heavy atom. The number of nitrogens with one attached hydrogen (secondary N) is 2. The summed E-state index contributed by atoms with van der Waals surface area (Å²) in [6, 6.07) is 6.01. The van der Waals surface area contributed by atoms with Crippen molar-refractivity contribution in [3.8, 4) is 0 Å². The minimum atomic E-state index is 0.115. The van der Waals surface area contributed by atoms with Gasteiger partial charge in [0.1, 0.15) is 0 Å². The Kier molecular flexibility index (Phi) is 3.79. The third-order valence-electron chi connectivity index (χ3n) is 3.53. The van der Waals surface area contributed by atoms with Crippen LogP contribution in [-0.4, -0.2) is 19.0 Å². The zero-order chi connectivity index (χ0) is 12.3. The van der Waals surface area contributed by atoms with Crippen LogP contribution < -0.4 is 10.6 Å². The van der Waals surface area contributed by atoms with Gasteiger partial charge in [-0.2, -0.15) is 0 Å². The highest BCUT2D eigenvalue weighted by molar-refractivity contribution is 5.93. The van der Waals surface area contributed by atoms with Crippen molar-refractivity contribution in [2.75, 3.05) is 18.4 Å². The molecule has 0 saturated carbocycles. The highest BCUT2D eigenvalue weighted by Crippen LogP contribution is 2.20. The molecule has 92 valence electrons. The van der Waals surface area contributed by atoms with Crippen LogP contribution in [0.5, 0.6) is 0 Å². The number of carbonyl (C=O) groups is 1. The highest BCUT2D eigenvalue weighted by Gasteiger charge is 2.21. The minimum absolute atomic E-state index is 0.115. The standard InChI is InChI=1S/C14H20N2O/c1-10-5-3-7-13(11(10)2)16-14(17)12-6-4-8-15-9-12/h3,5,7,12,15H,4,6,8-9H2,1-2H3,(H,16,17)/t12-/m0/s1. The number of anilines is 1. The highest BCUT2D eigenvalue weighted by atomic mass is 16.1. The molecule has 2 rings (SSSR count). The number of carbonyl (C=O) groups excluding carboxylic acids is 1. The predicted octanol–water partition coefficient (Wildman–Crippen LogP) is 2.24. The Bertz CT molecular complexity index is 409. The van der Waals surface area contributed by atoms with Gasteiger partial charge >= 0.3 is 0 Å². The van der Waals surface area contributed by atoms with Crippen molar-refractivity contribution in [1.82, 2.24) is 5.32 Å². The van der Waals surface area contributed by atoms with Gasteiger partial charge in [0, 0.05) is 12.2 Å². The number of aryl methyl sites for hydroxylation is 1. The fraction of sp³-hybridized carbons (Fsp3) is 0.500. The summed E-state index contributed by atoms with van der Waals surface area (Å²) in [6.45, 7) is 5.95. The van der Waals surface area contributed by atoms with Gasteiger partial charge in [0.2, 0.25) is 5.91 Å². The van der Waals surface area contributed by atoms with Crippen LogP contribution in [0.25, 0.3) is 0 Å². The molecule has 1 heterocycles. The van der Waals surface area contributed by atoms with Crippen molar-refractivity contribution >= 4 is 11.6 Å². The van der Waals surface area contributed by atoms with Gasteiger partial charge in [-0.25, -0.2) is 0 Å². The van der Waals surface area contributed by atoms with Crippen molar-refractivity contribution in [3.05, 3.63) is 29.3 Å². The molecule has 1 fully saturated rings. The van der Waals surface area contributed by atoms with E-state index in [2.05, 4.69) is 23.6 Å². The second-order valence-electron chi connectivity index (χ2n) is 4.78. The number of benzene rings is 1. The summed E-state index contributed by atoms with van der Waals surface area (Å²) in [5.41, 5.74) is 3.31. The quantitative estimate of drug-likeness (QED) is 0.821. The molecule has 2 N–H and O–H groups in total. The Labute approximate surface area is 103 Å². The third kappa shape index (κ3) is 2.86. The summed E-state index contributed by atoms with van der Waals surface area (Å²) < 4.78 is 0. The molecule has 1 atom stereocenters. The lowest BCUT2D eigenvalue weighted by Gasteiger charge is -2.22. The molecule has 1 saturated heterocycles. The van der Waals surface area contributed by atoms with E-state index >= 15 is 0 Å². The zero-order valence-corrected chi connectivity index (χ0v) is 10.5. The summed E-state index contributed by atoms with van der Waals surface area (Å²) in [7, 11) is 0. The van der Waals surface area contributed by atoms with E-state index in [1.165, 1.54) is 5.56 Å². The second kappa shape index (κ2) is 5.32. The molecule has 1 aliphatic heterocycles. The van der Waals surface area contributed by atoms with Gasteiger partial charge < -0.3 is 10.6 Å². The maximum Gasteiger partial charge on any atom is 0.228 e. The Morgan fingerprint density at radius 3 is 2.94 bits per heavy atom. The molecule has 1 aromatic carbocycles. The number of amides is 1. The van der Waals surface area contributed by atoms with Crippen LogP contribution in [0.4, 0.5) is 5.69 Å². The fourth-order valence-corrected chi connectivity index (χ4v) is 2.20. The molecular formula is C14H20N2O. The topological polar surface area (TPSA) is 41.1 Å². The largest absolute Gasteiger partial charge is 0.326 e. The van der Waals surface area contributed by atoms with E-state index < -0.39 is 0 Å². The van der Waals surface area contributed by atoms with Crippen molar-refractivity contribution in [2.45, 2.75) is 26.7 Å². The molecule has 0 unspecified atom stereocenters. The Balaban J connectivity index is 2.04. The van der Waals surface area contributed by atoms with Crippen molar-refractivity contribution < 1.29 is 4.79 Å². The van der Waals surface area contributed by atoms with Gasteiger partial charge in [-0.1, -0.05) is 12.1 Å². The normalized spacial score (nSPS) is 20.0. The predicted molar refractivity (Wildman–Crippen MR) is 70.1 cm³/mol. The molecular weight excluding hydrogens is 212 g/mol. The maximum absolute atomic E-state index is 12.1. The van der Waals surface area contributed by atoms with Crippen molar-refractivity contribution in [3.63, 3.8) is 0 Å². The first-order chi connectivity index (χ1) is 8.18. The molecule has 1 aliphatic rings. The van der Waals surface area contributed by atoms with Crippen LogP contribution in [0.1, 0.15) is 24.0 Å². The first-order valence-electron chi connectivity index (χ1n) is 6.26. The molecule has 1 aromatic rings. The molecule has 3 heteroatoms. The van der Waals surface area contributed by atoms with Gasteiger partial charge in [-0.3, -0.25) is 4.79 Å². The van der Waals surface area contributed by atoms with Gasteiger partial charge in [0.25, 0.3) is 0 Å². The van der Waals surface area contributed by atoms with Crippen molar-refractivity contribution in [1.29, 1.82) is 0 Å². The fourth-order valence-electron chi connectivity index (χ4n) is 2.20. The number of rotatable bonds is 2. The SMILES string of the molecule is Cc1cccc(NC(=O)[C@H]2CCCNC2)c1C. The third-order valence-corrected chi connectivity index (χ3v) is 3.53. The lowest BCUT2D eigenvalue weighted by Crippen LogP contribution is -2.37.